The second-order valence-corrected chi connectivity index (χ2v) is 6.91. The number of amides is 1. The zero-order chi connectivity index (χ0) is 15.2. The van der Waals surface area contributed by atoms with Gasteiger partial charge in [0.25, 0.3) is 0 Å². The van der Waals surface area contributed by atoms with Crippen molar-refractivity contribution in [2.75, 3.05) is 0 Å². The molecule has 0 radical (unpaired) electrons. The molecule has 114 valence electrons. The first-order chi connectivity index (χ1) is 9.98. The van der Waals surface area contributed by atoms with Gasteiger partial charge in [0.15, 0.2) is 0 Å². The fraction of sp³-hybridized carbons (Fsp3) is 0.750. The van der Waals surface area contributed by atoms with Crippen LogP contribution in [0.3, 0.4) is 0 Å². The lowest BCUT2D eigenvalue weighted by atomic mass is 9.79. The van der Waals surface area contributed by atoms with Crippen molar-refractivity contribution in [3.63, 3.8) is 0 Å². The maximum Gasteiger partial charge on any atom is 0.240 e. The van der Waals surface area contributed by atoms with Gasteiger partial charge in [-0.2, -0.15) is 5.26 Å². The summed E-state index contributed by atoms with van der Waals surface area (Å²) in [5.41, 5.74) is 5.46. The quantitative estimate of drug-likeness (QED) is 0.863. The number of fused-ring (bicyclic) bond motifs is 1. The van der Waals surface area contributed by atoms with Crippen LogP contribution in [0.15, 0.2) is 12.4 Å². The third-order valence-electron chi connectivity index (χ3n) is 5.74. The molecule has 4 aliphatic rings. The number of nitriles is 1. The Labute approximate surface area is 124 Å². The normalized spacial score (nSPS) is 34.1. The molecule has 0 aromatic rings. The van der Waals surface area contributed by atoms with Crippen LogP contribution in [0.25, 0.3) is 0 Å². The molecular weight excluding hydrogens is 269 g/mol. The molecule has 2 N–H and O–H groups in total. The summed E-state index contributed by atoms with van der Waals surface area (Å²) in [5.74, 6) is -0.211. The van der Waals surface area contributed by atoms with E-state index in [0.29, 0.717) is 12.3 Å². The molecular formula is C16H22FN3O. The molecule has 2 heterocycles. The first-order valence-electron chi connectivity index (χ1n) is 7.81. The number of hydrogen-bond donors (Lipinski definition) is 1. The first kappa shape index (κ1) is 14.5. The van der Waals surface area contributed by atoms with E-state index in [1.165, 1.54) is 0 Å². The van der Waals surface area contributed by atoms with Crippen molar-refractivity contribution >= 4 is 5.91 Å². The number of allylic oxidation sites excluding steroid dienone is 1. The van der Waals surface area contributed by atoms with Gasteiger partial charge in [-0.25, -0.2) is 4.39 Å². The molecule has 21 heavy (non-hydrogen) atoms. The number of halogens is 1. The zero-order valence-electron chi connectivity index (χ0n) is 12.2. The SMILES string of the molecule is C=C(F)C1(CC(N)C(=O)N2C3CC(C3)C2C#N)CCCC1. The Morgan fingerprint density at radius 1 is 1.48 bits per heavy atom. The Morgan fingerprint density at radius 2 is 2.10 bits per heavy atom. The lowest BCUT2D eigenvalue weighted by molar-refractivity contribution is -0.134. The fourth-order valence-electron chi connectivity index (χ4n) is 4.39. The summed E-state index contributed by atoms with van der Waals surface area (Å²) in [6.07, 6.45) is 5.49. The summed E-state index contributed by atoms with van der Waals surface area (Å²) in [4.78, 5) is 14.3. The lowest BCUT2D eigenvalue weighted by Gasteiger charge is -2.32. The Morgan fingerprint density at radius 3 is 2.62 bits per heavy atom. The molecule has 2 bridgehead atoms. The van der Waals surface area contributed by atoms with E-state index in [1.54, 1.807) is 4.90 Å². The van der Waals surface area contributed by atoms with Crippen LogP contribution in [0, 0.1) is 22.7 Å². The van der Waals surface area contributed by atoms with Crippen molar-refractivity contribution in [2.24, 2.45) is 17.1 Å². The molecule has 4 fully saturated rings. The molecule has 2 aliphatic carbocycles. The number of carbonyl (C=O) groups is 1. The predicted molar refractivity (Wildman–Crippen MR) is 76.5 cm³/mol. The molecule has 4 nitrogen and oxygen atoms in total. The topological polar surface area (TPSA) is 70.1 Å². The van der Waals surface area contributed by atoms with Crippen LogP contribution in [0.4, 0.5) is 4.39 Å². The van der Waals surface area contributed by atoms with Crippen molar-refractivity contribution in [2.45, 2.75) is 63.1 Å². The lowest BCUT2D eigenvalue weighted by Crippen LogP contribution is -2.49. The Hall–Kier alpha value is -1.41. The largest absolute Gasteiger partial charge is 0.322 e. The van der Waals surface area contributed by atoms with E-state index in [1.807, 2.05) is 0 Å². The van der Waals surface area contributed by atoms with Crippen LogP contribution >= 0.6 is 0 Å². The number of carbonyl (C=O) groups excluding carboxylic acids is 1. The predicted octanol–water partition coefficient (Wildman–Crippen LogP) is 2.26. The molecule has 0 aromatic carbocycles. The van der Waals surface area contributed by atoms with Crippen LogP contribution < -0.4 is 5.73 Å². The molecule has 2 aliphatic heterocycles. The minimum Gasteiger partial charge on any atom is -0.322 e. The van der Waals surface area contributed by atoms with Crippen molar-refractivity contribution in [1.82, 2.24) is 4.90 Å². The van der Waals surface area contributed by atoms with Gasteiger partial charge >= 0.3 is 0 Å². The van der Waals surface area contributed by atoms with E-state index in [0.717, 1.165) is 38.5 Å². The highest BCUT2D eigenvalue weighted by Crippen LogP contribution is 2.49. The third kappa shape index (κ3) is 2.17. The summed E-state index contributed by atoms with van der Waals surface area (Å²) >= 11 is 0. The molecule has 2 atom stereocenters. The summed E-state index contributed by atoms with van der Waals surface area (Å²) in [5, 5.41) is 9.23. The van der Waals surface area contributed by atoms with E-state index in [4.69, 9.17) is 5.73 Å². The van der Waals surface area contributed by atoms with Crippen LogP contribution in [0.5, 0.6) is 0 Å². The van der Waals surface area contributed by atoms with E-state index in [9.17, 15) is 14.4 Å². The summed E-state index contributed by atoms with van der Waals surface area (Å²) in [6.45, 7) is 3.47. The highest BCUT2D eigenvalue weighted by atomic mass is 19.1. The zero-order valence-corrected chi connectivity index (χ0v) is 12.2. The highest BCUT2D eigenvalue weighted by molar-refractivity contribution is 5.83. The Kier molecular flexibility index (Phi) is 3.53. The summed E-state index contributed by atoms with van der Waals surface area (Å²) < 4.78 is 13.9. The molecule has 2 unspecified atom stereocenters. The van der Waals surface area contributed by atoms with Crippen LogP contribution in [-0.2, 0) is 4.79 Å². The third-order valence-corrected chi connectivity index (χ3v) is 5.74. The molecule has 2 saturated heterocycles. The van der Waals surface area contributed by atoms with Gasteiger partial charge in [0.05, 0.1) is 17.9 Å². The van der Waals surface area contributed by atoms with Crippen LogP contribution in [0.1, 0.15) is 44.9 Å². The van der Waals surface area contributed by atoms with Crippen molar-refractivity contribution in [3.05, 3.63) is 12.4 Å². The van der Waals surface area contributed by atoms with Crippen molar-refractivity contribution < 1.29 is 9.18 Å². The maximum absolute atomic E-state index is 13.9. The Bertz CT molecular complexity index is 500. The Balaban J connectivity index is 1.71. The van der Waals surface area contributed by atoms with Gasteiger partial charge in [0, 0.05) is 11.5 Å². The number of nitrogens with zero attached hydrogens (tertiary/aromatic N) is 2. The van der Waals surface area contributed by atoms with E-state index < -0.39 is 11.5 Å². The smallest absolute Gasteiger partial charge is 0.240 e. The van der Waals surface area contributed by atoms with Gasteiger partial charge in [-0.05, 0) is 38.0 Å². The van der Waals surface area contributed by atoms with Gasteiger partial charge in [-0.15, -0.1) is 0 Å². The monoisotopic (exact) mass is 291 g/mol. The van der Waals surface area contributed by atoms with E-state index in [2.05, 4.69) is 12.6 Å². The molecule has 1 amide bonds. The molecule has 0 aromatic heterocycles. The average molecular weight is 291 g/mol. The van der Waals surface area contributed by atoms with Gasteiger partial charge < -0.3 is 10.6 Å². The first-order valence-corrected chi connectivity index (χ1v) is 7.81. The number of nitrogens with two attached hydrogens (primary N) is 1. The van der Waals surface area contributed by atoms with Crippen LogP contribution in [0.2, 0.25) is 0 Å². The summed E-state index contributed by atoms with van der Waals surface area (Å²) in [7, 11) is 0. The molecule has 0 spiro atoms. The number of hydrogen-bond acceptors (Lipinski definition) is 3. The highest BCUT2D eigenvalue weighted by Gasteiger charge is 2.54. The van der Waals surface area contributed by atoms with Gasteiger partial charge in [0.1, 0.15) is 6.04 Å². The summed E-state index contributed by atoms with van der Waals surface area (Å²) in [6, 6.07) is 1.33. The van der Waals surface area contributed by atoms with Gasteiger partial charge in [0.2, 0.25) is 5.91 Å². The minimum atomic E-state index is -0.731. The second-order valence-electron chi connectivity index (χ2n) is 6.91. The van der Waals surface area contributed by atoms with E-state index in [-0.39, 0.29) is 23.8 Å². The van der Waals surface area contributed by atoms with Crippen molar-refractivity contribution in [1.29, 1.82) is 5.26 Å². The second kappa shape index (κ2) is 5.10. The fourth-order valence-corrected chi connectivity index (χ4v) is 4.39. The molecule has 5 heteroatoms. The van der Waals surface area contributed by atoms with Gasteiger partial charge in [-0.1, -0.05) is 19.4 Å². The average Bonchev–Trinajstić information content (AvgIpc) is 3.08. The molecule has 4 rings (SSSR count). The van der Waals surface area contributed by atoms with E-state index >= 15 is 0 Å². The van der Waals surface area contributed by atoms with Crippen molar-refractivity contribution in [3.8, 4) is 6.07 Å². The molecule has 2 saturated carbocycles. The minimum absolute atomic E-state index is 0.173. The maximum atomic E-state index is 13.9. The standard InChI is InChI=1S/C16H22FN3O/c1-10(17)16(4-2-3-5-16)8-13(19)15(21)20-12-6-11(7-12)14(20)9-18/h11-14H,1-8,19H2. The van der Waals surface area contributed by atoms with Crippen LogP contribution in [-0.4, -0.2) is 28.9 Å². The van der Waals surface area contributed by atoms with Gasteiger partial charge in [-0.3, -0.25) is 4.79 Å². The number of rotatable bonds is 4.